The highest BCUT2D eigenvalue weighted by molar-refractivity contribution is 6.30. The Bertz CT molecular complexity index is 1200. The van der Waals surface area contributed by atoms with E-state index in [1.54, 1.807) is 48.2 Å². The lowest BCUT2D eigenvalue weighted by atomic mass is 10.1. The number of nitrogens with zero attached hydrogens (tertiary/aromatic N) is 4. The first-order chi connectivity index (χ1) is 16.0. The highest BCUT2D eigenvalue weighted by Gasteiger charge is 2.29. The van der Waals surface area contributed by atoms with E-state index in [1.807, 2.05) is 0 Å². The van der Waals surface area contributed by atoms with Crippen LogP contribution in [0.4, 0.5) is 10.3 Å². The van der Waals surface area contributed by atoms with Crippen LogP contribution in [0.5, 0.6) is 11.6 Å². The number of halogens is 2. The van der Waals surface area contributed by atoms with Crippen molar-refractivity contribution in [3.63, 3.8) is 0 Å². The summed E-state index contributed by atoms with van der Waals surface area (Å²) in [5.74, 6) is 1.21. The first-order valence-corrected chi connectivity index (χ1v) is 11.5. The van der Waals surface area contributed by atoms with Gasteiger partial charge in [0, 0.05) is 36.6 Å². The van der Waals surface area contributed by atoms with Gasteiger partial charge in [-0.15, -0.1) is 0 Å². The number of hydrogen-bond acceptors (Lipinski definition) is 5. The van der Waals surface area contributed by atoms with E-state index in [-0.39, 0.29) is 11.7 Å². The van der Waals surface area contributed by atoms with Gasteiger partial charge in [-0.3, -0.25) is 4.79 Å². The van der Waals surface area contributed by atoms with Crippen molar-refractivity contribution >= 4 is 23.5 Å². The Morgan fingerprint density at radius 2 is 1.82 bits per heavy atom. The number of hydrogen-bond donors (Lipinski definition) is 0. The predicted molar refractivity (Wildman–Crippen MR) is 125 cm³/mol. The second-order valence-electron chi connectivity index (χ2n) is 8.44. The van der Waals surface area contributed by atoms with Gasteiger partial charge in [-0.05, 0) is 67.8 Å². The SMILES string of the molecule is Cc1cc(Oc2nc(N3CCCC3)nc3c2CN(C(=O)c2ccc(Cl)cc2)CC3)ccc1F. The number of aryl methyl sites for hydroxylation is 1. The standard InChI is InChI=1S/C25H24ClFN4O2/c1-16-14-19(8-9-21(16)27)33-23-20-15-31(24(32)17-4-6-18(26)7-5-17)13-10-22(20)28-25(29-23)30-11-2-3-12-30/h4-9,14H,2-3,10-13,15H2,1H3. The van der Waals surface area contributed by atoms with E-state index in [4.69, 9.17) is 26.3 Å². The predicted octanol–water partition coefficient (Wildman–Crippen LogP) is 5.17. The molecule has 1 fully saturated rings. The fourth-order valence-corrected chi connectivity index (χ4v) is 4.38. The molecule has 1 amide bonds. The van der Waals surface area contributed by atoms with E-state index in [2.05, 4.69) is 4.90 Å². The lowest BCUT2D eigenvalue weighted by Gasteiger charge is -2.30. The van der Waals surface area contributed by atoms with Gasteiger partial charge < -0.3 is 14.5 Å². The highest BCUT2D eigenvalue weighted by atomic mass is 35.5. The average Bonchev–Trinajstić information content (AvgIpc) is 3.36. The maximum absolute atomic E-state index is 13.8. The molecule has 1 aromatic heterocycles. The van der Waals surface area contributed by atoms with Crippen LogP contribution in [0.2, 0.25) is 5.02 Å². The molecule has 0 atom stereocenters. The third kappa shape index (κ3) is 4.50. The molecule has 0 spiro atoms. The Morgan fingerprint density at radius 1 is 1.06 bits per heavy atom. The molecule has 6 nitrogen and oxygen atoms in total. The van der Waals surface area contributed by atoms with Crippen molar-refractivity contribution in [3.8, 4) is 11.6 Å². The zero-order chi connectivity index (χ0) is 22.9. The maximum Gasteiger partial charge on any atom is 0.254 e. The summed E-state index contributed by atoms with van der Waals surface area (Å²) >= 11 is 5.97. The van der Waals surface area contributed by atoms with Crippen LogP contribution in [0.1, 0.15) is 40.0 Å². The van der Waals surface area contributed by atoms with E-state index >= 15 is 0 Å². The number of amides is 1. The van der Waals surface area contributed by atoms with Gasteiger partial charge in [-0.1, -0.05) is 11.6 Å². The minimum Gasteiger partial charge on any atom is -0.438 e. The number of carbonyl (C=O) groups excluding carboxylic acids is 1. The van der Waals surface area contributed by atoms with E-state index in [0.717, 1.165) is 37.2 Å². The monoisotopic (exact) mass is 466 g/mol. The Balaban J connectivity index is 1.48. The molecule has 3 aromatic rings. The van der Waals surface area contributed by atoms with Crippen molar-refractivity contribution in [1.29, 1.82) is 0 Å². The molecule has 0 bridgehead atoms. The fourth-order valence-electron chi connectivity index (χ4n) is 4.26. The molecule has 0 aliphatic carbocycles. The second kappa shape index (κ2) is 8.98. The normalized spacial score (nSPS) is 15.5. The van der Waals surface area contributed by atoms with Crippen molar-refractivity contribution in [2.75, 3.05) is 24.5 Å². The quantitative estimate of drug-likeness (QED) is 0.531. The van der Waals surface area contributed by atoms with Crippen molar-refractivity contribution < 1.29 is 13.9 Å². The molecule has 3 heterocycles. The third-order valence-corrected chi connectivity index (χ3v) is 6.37. The van der Waals surface area contributed by atoms with Crippen molar-refractivity contribution in [2.45, 2.75) is 32.7 Å². The van der Waals surface area contributed by atoms with Gasteiger partial charge in [0.05, 0.1) is 17.8 Å². The molecule has 5 rings (SSSR count). The summed E-state index contributed by atoms with van der Waals surface area (Å²) in [6.45, 7) is 4.41. The molecule has 8 heteroatoms. The number of rotatable bonds is 4. The van der Waals surface area contributed by atoms with Crippen LogP contribution in [0.3, 0.4) is 0 Å². The molecule has 2 aliphatic rings. The number of carbonyl (C=O) groups is 1. The van der Waals surface area contributed by atoms with Crippen molar-refractivity contribution in [2.24, 2.45) is 0 Å². The average molecular weight is 467 g/mol. The zero-order valence-corrected chi connectivity index (χ0v) is 19.1. The minimum atomic E-state index is -0.287. The third-order valence-electron chi connectivity index (χ3n) is 6.12. The summed E-state index contributed by atoms with van der Waals surface area (Å²) in [5.41, 5.74) is 2.75. The van der Waals surface area contributed by atoms with Gasteiger partial charge in [0.25, 0.3) is 5.91 Å². The molecule has 33 heavy (non-hydrogen) atoms. The first kappa shape index (κ1) is 21.6. The molecule has 2 aromatic carbocycles. The molecule has 170 valence electrons. The van der Waals surface area contributed by atoms with Gasteiger partial charge in [0.15, 0.2) is 0 Å². The smallest absolute Gasteiger partial charge is 0.254 e. The molecular formula is C25H24ClFN4O2. The summed E-state index contributed by atoms with van der Waals surface area (Å²) in [5, 5.41) is 0.587. The van der Waals surface area contributed by atoms with Gasteiger partial charge in [0.2, 0.25) is 11.8 Å². The number of fused-ring (bicyclic) bond motifs is 1. The molecule has 0 N–H and O–H groups in total. The minimum absolute atomic E-state index is 0.0792. The molecule has 2 aliphatic heterocycles. The van der Waals surface area contributed by atoms with Crippen LogP contribution in [0.15, 0.2) is 42.5 Å². The molecule has 0 radical (unpaired) electrons. The lowest BCUT2D eigenvalue weighted by Crippen LogP contribution is -2.37. The Labute approximate surface area is 197 Å². The lowest BCUT2D eigenvalue weighted by molar-refractivity contribution is 0.0732. The van der Waals surface area contributed by atoms with Crippen molar-refractivity contribution in [3.05, 3.63) is 75.7 Å². The van der Waals surface area contributed by atoms with Gasteiger partial charge in [-0.2, -0.15) is 4.98 Å². The summed E-state index contributed by atoms with van der Waals surface area (Å²) in [4.78, 5) is 26.6. The first-order valence-electron chi connectivity index (χ1n) is 11.1. The maximum atomic E-state index is 13.8. The van der Waals surface area contributed by atoms with Crippen LogP contribution in [0.25, 0.3) is 0 Å². The second-order valence-corrected chi connectivity index (χ2v) is 8.88. The van der Waals surface area contributed by atoms with Gasteiger partial charge >= 0.3 is 0 Å². The van der Waals surface area contributed by atoms with E-state index in [9.17, 15) is 9.18 Å². The number of ether oxygens (including phenoxy) is 1. The van der Waals surface area contributed by atoms with Crippen LogP contribution >= 0.6 is 11.6 Å². The van der Waals surface area contributed by atoms with Crippen LogP contribution in [0, 0.1) is 12.7 Å². The highest BCUT2D eigenvalue weighted by Crippen LogP contribution is 2.33. The van der Waals surface area contributed by atoms with Crippen molar-refractivity contribution in [1.82, 2.24) is 14.9 Å². The van der Waals surface area contributed by atoms with Crippen LogP contribution in [-0.2, 0) is 13.0 Å². The van der Waals surface area contributed by atoms with E-state index in [0.29, 0.717) is 53.2 Å². The summed E-state index contributed by atoms with van der Waals surface area (Å²) in [6, 6.07) is 11.5. The van der Waals surface area contributed by atoms with Gasteiger partial charge in [-0.25, -0.2) is 9.37 Å². The van der Waals surface area contributed by atoms with Gasteiger partial charge in [0.1, 0.15) is 11.6 Å². The van der Waals surface area contributed by atoms with Crippen LogP contribution < -0.4 is 9.64 Å². The van der Waals surface area contributed by atoms with E-state index < -0.39 is 0 Å². The Hall–Kier alpha value is -3.19. The molecule has 0 unspecified atom stereocenters. The summed E-state index contributed by atoms with van der Waals surface area (Å²) < 4.78 is 19.9. The summed E-state index contributed by atoms with van der Waals surface area (Å²) in [6.07, 6.45) is 2.82. The number of aromatic nitrogens is 2. The Morgan fingerprint density at radius 3 is 2.55 bits per heavy atom. The largest absolute Gasteiger partial charge is 0.438 e. The zero-order valence-electron chi connectivity index (χ0n) is 18.4. The Kier molecular flexibility index (Phi) is 5.89. The topological polar surface area (TPSA) is 58.6 Å². The summed E-state index contributed by atoms with van der Waals surface area (Å²) in [7, 11) is 0. The molecule has 1 saturated heterocycles. The number of anilines is 1. The number of benzene rings is 2. The fraction of sp³-hybridized carbons (Fsp3) is 0.320. The molecule has 0 saturated carbocycles. The van der Waals surface area contributed by atoms with Crippen LogP contribution in [-0.4, -0.2) is 40.4 Å². The van der Waals surface area contributed by atoms with E-state index in [1.165, 1.54) is 6.07 Å². The molecular weight excluding hydrogens is 443 g/mol.